The number of hydrogen-bond acceptors (Lipinski definition) is 3. The third-order valence-electron chi connectivity index (χ3n) is 6.79. The first-order valence-electron chi connectivity index (χ1n) is 12.5. The molecule has 1 aliphatic rings. The Bertz CT molecular complexity index is 1080. The van der Waals surface area contributed by atoms with Gasteiger partial charge in [0.2, 0.25) is 5.91 Å². The first-order valence-corrected chi connectivity index (χ1v) is 12.9. The summed E-state index contributed by atoms with van der Waals surface area (Å²) in [5.41, 5.74) is 4.63. The third-order valence-corrected chi connectivity index (χ3v) is 7.04. The SMILES string of the molecule is CC[C@H](C(=O)N1CCN(C[C@@H](OCc2cccc(C)c2)c2ccc(Cl)cc2)CC1)c1ccccc1. The zero-order valence-electron chi connectivity index (χ0n) is 20.7. The Morgan fingerprint density at radius 3 is 2.29 bits per heavy atom. The van der Waals surface area contributed by atoms with Gasteiger partial charge in [0.1, 0.15) is 0 Å². The maximum absolute atomic E-state index is 13.3. The number of rotatable bonds is 9. The number of piperazine rings is 1. The van der Waals surface area contributed by atoms with E-state index in [9.17, 15) is 4.79 Å². The van der Waals surface area contributed by atoms with Crippen LogP contribution in [0.1, 0.15) is 47.6 Å². The van der Waals surface area contributed by atoms with Crippen molar-refractivity contribution in [2.45, 2.75) is 38.9 Å². The predicted molar refractivity (Wildman–Crippen MR) is 143 cm³/mol. The molecule has 0 bridgehead atoms. The second-order valence-corrected chi connectivity index (χ2v) is 9.77. The van der Waals surface area contributed by atoms with Crippen molar-refractivity contribution >= 4 is 17.5 Å². The highest BCUT2D eigenvalue weighted by Gasteiger charge is 2.28. The summed E-state index contributed by atoms with van der Waals surface area (Å²) >= 11 is 6.14. The van der Waals surface area contributed by atoms with E-state index in [1.54, 1.807) is 0 Å². The molecule has 4 rings (SSSR count). The summed E-state index contributed by atoms with van der Waals surface area (Å²) in [4.78, 5) is 17.7. The zero-order valence-corrected chi connectivity index (χ0v) is 21.5. The van der Waals surface area contributed by atoms with Crippen molar-refractivity contribution in [3.05, 3.63) is 106 Å². The molecule has 1 amide bonds. The van der Waals surface area contributed by atoms with Crippen molar-refractivity contribution in [1.29, 1.82) is 0 Å². The fraction of sp³-hybridized carbons (Fsp3) is 0.367. The molecule has 0 aliphatic carbocycles. The second kappa shape index (κ2) is 12.3. The van der Waals surface area contributed by atoms with E-state index in [0.29, 0.717) is 6.61 Å². The van der Waals surface area contributed by atoms with Gasteiger partial charge in [-0.15, -0.1) is 0 Å². The largest absolute Gasteiger partial charge is 0.368 e. The first kappa shape index (κ1) is 25.4. The Morgan fingerprint density at radius 1 is 0.914 bits per heavy atom. The summed E-state index contributed by atoms with van der Waals surface area (Å²) < 4.78 is 6.43. The minimum absolute atomic E-state index is 0.0669. The standard InChI is InChI=1S/C30H35ClN2O2/c1-3-28(25-10-5-4-6-11-25)30(34)33-18-16-32(17-19-33)21-29(26-12-14-27(31)15-13-26)35-22-24-9-7-8-23(2)20-24/h4-15,20,28-29H,3,16-19,21-22H2,1-2H3/t28-,29+/m0/s1. The summed E-state index contributed by atoms with van der Waals surface area (Å²) in [5, 5.41) is 0.724. The van der Waals surface area contributed by atoms with Crippen LogP contribution in [0.2, 0.25) is 5.02 Å². The van der Waals surface area contributed by atoms with Crippen molar-refractivity contribution in [1.82, 2.24) is 9.80 Å². The number of aryl methyl sites for hydroxylation is 1. The molecule has 4 nitrogen and oxygen atoms in total. The fourth-order valence-electron chi connectivity index (χ4n) is 4.77. The Balaban J connectivity index is 1.38. The van der Waals surface area contributed by atoms with Crippen molar-refractivity contribution in [3.63, 3.8) is 0 Å². The average Bonchev–Trinajstić information content (AvgIpc) is 2.88. The highest BCUT2D eigenvalue weighted by molar-refractivity contribution is 6.30. The smallest absolute Gasteiger partial charge is 0.230 e. The van der Waals surface area contributed by atoms with E-state index in [-0.39, 0.29) is 17.9 Å². The van der Waals surface area contributed by atoms with Crippen LogP contribution in [0.4, 0.5) is 0 Å². The number of nitrogens with zero attached hydrogens (tertiary/aromatic N) is 2. The summed E-state index contributed by atoms with van der Waals surface area (Å²) in [6, 6.07) is 26.5. The van der Waals surface area contributed by atoms with Crippen LogP contribution in [-0.4, -0.2) is 48.4 Å². The minimum Gasteiger partial charge on any atom is -0.368 e. The minimum atomic E-state index is -0.0674. The molecule has 0 aromatic heterocycles. The lowest BCUT2D eigenvalue weighted by molar-refractivity contribution is -0.135. The van der Waals surface area contributed by atoms with Gasteiger partial charge in [0.15, 0.2) is 0 Å². The van der Waals surface area contributed by atoms with E-state index in [1.807, 2.05) is 35.2 Å². The highest BCUT2D eigenvalue weighted by Crippen LogP contribution is 2.25. The summed E-state index contributed by atoms with van der Waals surface area (Å²) in [6.07, 6.45) is 0.747. The number of hydrogen-bond donors (Lipinski definition) is 0. The molecule has 1 saturated heterocycles. The van der Waals surface area contributed by atoms with Crippen LogP contribution in [0.3, 0.4) is 0 Å². The Labute approximate surface area is 214 Å². The molecular formula is C30H35ClN2O2. The number of carbonyl (C=O) groups excluding carboxylic acids is 1. The second-order valence-electron chi connectivity index (χ2n) is 9.34. The molecule has 1 fully saturated rings. The van der Waals surface area contributed by atoms with E-state index in [0.717, 1.165) is 55.3 Å². The maximum atomic E-state index is 13.3. The molecule has 0 N–H and O–H groups in total. The van der Waals surface area contributed by atoms with Crippen LogP contribution < -0.4 is 0 Å². The number of halogens is 1. The van der Waals surface area contributed by atoms with Crippen LogP contribution in [0.5, 0.6) is 0 Å². The molecule has 2 atom stereocenters. The summed E-state index contributed by atoms with van der Waals surface area (Å²) in [7, 11) is 0. The van der Waals surface area contributed by atoms with Gasteiger partial charge in [0.05, 0.1) is 18.6 Å². The molecule has 0 unspecified atom stereocenters. The molecule has 5 heteroatoms. The normalized spacial score (nSPS) is 16.1. The van der Waals surface area contributed by atoms with Gasteiger partial charge >= 0.3 is 0 Å². The lowest BCUT2D eigenvalue weighted by atomic mass is 9.95. The molecule has 0 radical (unpaired) electrons. The Morgan fingerprint density at radius 2 is 1.63 bits per heavy atom. The lowest BCUT2D eigenvalue weighted by Crippen LogP contribution is -2.50. The lowest BCUT2D eigenvalue weighted by Gasteiger charge is -2.38. The maximum Gasteiger partial charge on any atom is 0.230 e. The molecule has 1 heterocycles. The monoisotopic (exact) mass is 490 g/mol. The van der Waals surface area contributed by atoms with Crippen molar-refractivity contribution in [3.8, 4) is 0 Å². The van der Waals surface area contributed by atoms with Crippen LogP contribution in [0, 0.1) is 6.92 Å². The van der Waals surface area contributed by atoms with Gasteiger partial charge in [0, 0.05) is 37.7 Å². The van der Waals surface area contributed by atoms with E-state index in [1.165, 1.54) is 11.1 Å². The topological polar surface area (TPSA) is 32.8 Å². The van der Waals surface area contributed by atoms with E-state index >= 15 is 0 Å². The average molecular weight is 491 g/mol. The van der Waals surface area contributed by atoms with Gasteiger partial charge in [-0.1, -0.05) is 90.8 Å². The van der Waals surface area contributed by atoms with Crippen molar-refractivity contribution < 1.29 is 9.53 Å². The Hall–Kier alpha value is -2.66. The molecule has 3 aromatic rings. The molecular weight excluding hydrogens is 456 g/mol. The number of benzene rings is 3. The number of carbonyl (C=O) groups is 1. The van der Waals surface area contributed by atoms with E-state index in [2.05, 4.69) is 67.3 Å². The van der Waals surface area contributed by atoms with Crippen LogP contribution in [0.25, 0.3) is 0 Å². The summed E-state index contributed by atoms with van der Waals surface area (Å²) in [6.45, 7) is 8.70. The van der Waals surface area contributed by atoms with Gasteiger partial charge in [-0.25, -0.2) is 0 Å². The predicted octanol–water partition coefficient (Wildman–Crippen LogP) is 6.24. The molecule has 184 valence electrons. The van der Waals surface area contributed by atoms with Crippen LogP contribution in [-0.2, 0) is 16.1 Å². The van der Waals surface area contributed by atoms with Crippen molar-refractivity contribution in [2.75, 3.05) is 32.7 Å². The van der Waals surface area contributed by atoms with Gasteiger partial charge in [-0.2, -0.15) is 0 Å². The molecule has 0 saturated carbocycles. The van der Waals surface area contributed by atoms with Crippen LogP contribution >= 0.6 is 11.6 Å². The summed E-state index contributed by atoms with van der Waals surface area (Å²) in [5.74, 6) is 0.172. The third kappa shape index (κ3) is 6.94. The molecule has 0 spiro atoms. The molecule has 3 aromatic carbocycles. The zero-order chi connectivity index (χ0) is 24.6. The van der Waals surface area contributed by atoms with E-state index < -0.39 is 0 Å². The highest BCUT2D eigenvalue weighted by atomic mass is 35.5. The van der Waals surface area contributed by atoms with Gasteiger partial charge in [-0.05, 0) is 42.2 Å². The van der Waals surface area contributed by atoms with E-state index in [4.69, 9.17) is 16.3 Å². The number of amides is 1. The Kier molecular flexibility index (Phi) is 8.97. The molecule has 35 heavy (non-hydrogen) atoms. The number of ether oxygens (including phenoxy) is 1. The van der Waals surface area contributed by atoms with Crippen LogP contribution in [0.15, 0.2) is 78.9 Å². The van der Waals surface area contributed by atoms with Gasteiger partial charge in [0.25, 0.3) is 0 Å². The first-order chi connectivity index (χ1) is 17.0. The van der Waals surface area contributed by atoms with Crippen molar-refractivity contribution in [2.24, 2.45) is 0 Å². The van der Waals surface area contributed by atoms with Gasteiger partial charge in [-0.3, -0.25) is 9.69 Å². The quantitative estimate of drug-likeness (QED) is 0.355. The fourth-order valence-corrected chi connectivity index (χ4v) is 4.90. The van der Waals surface area contributed by atoms with Gasteiger partial charge < -0.3 is 9.64 Å². The molecule has 1 aliphatic heterocycles.